The van der Waals surface area contributed by atoms with Crippen molar-refractivity contribution in [1.82, 2.24) is 4.98 Å². The fourth-order valence-corrected chi connectivity index (χ4v) is 2.54. The van der Waals surface area contributed by atoms with Gasteiger partial charge in [-0.05, 0) is 39.3 Å². The van der Waals surface area contributed by atoms with Gasteiger partial charge in [0.05, 0.1) is 31.0 Å². The average Bonchev–Trinajstić information content (AvgIpc) is 2.68. The molecule has 0 spiro atoms. The Labute approximate surface area is 126 Å². The second-order valence-corrected chi connectivity index (χ2v) is 6.53. The summed E-state index contributed by atoms with van der Waals surface area (Å²) in [5, 5.41) is 0. The van der Waals surface area contributed by atoms with E-state index in [1.807, 2.05) is 33.8 Å². The molecule has 5 nitrogen and oxygen atoms in total. The molecule has 6 heteroatoms. The molecule has 2 fully saturated rings. The molecule has 2 aliphatic heterocycles. The molecular weight excluding hydrogens is 269 g/mol. The summed E-state index contributed by atoms with van der Waals surface area (Å²) < 4.78 is 23.6. The molecule has 21 heavy (non-hydrogen) atoms. The van der Waals surface area contributed by atoms with Crippen LogP contribution in [0.3, 0.4) is 0 Å². The lowest BCUT2D eigenvalue weighted by Crippen LogP contribution is -2.41. The van der Waals surface area contributed by atoms with Gasteiger partial charge in [-0.3, -0.25) is 4.98 Å². The largest absolute Gasteiger partial charge is 0.496 e. The quantitative estimate of drug-likeness (QED) is 0.772. The van der Waals surface area contributed by atoms with Gasteiger partial charge in [-0.25, -0.2) is 0 Å². The van der Waals surface area contributed by atoms with Gasteiger partial charge in [-0.2, -0.15) is 0 Å². The molecule has 0 aliphatic carbocycles. The minimum Gasteiger partial charge on any atom is -0.399 e. The maximum absolute atomic E-state index is 6.12. The van der Waals surface area contributed by atoms with Crippen molar-refractivity contribution in [3.63, 3.8) is 0 Å². The number of hydrogen-bond donors (Lipinski definition) is 0. The Bertz CT molecular complexity index is 498. The molecule has 2 aliphatic rings. The third kappa shape index (κ3) is 2.73. The highest BCUT2D eigenvalue weighted by Crippen LogP contribution is 2.37. The van der Waals surface area contributed by atoms with Gasteiger partial charge in [-0.1, -0.05) is 0 Å². The first-order valence-electron chi connectivity index (χ1n) is 7.39. The molecule has 0 radical (unpaired) electrons. The minimum absolute atomic E-state index is 0.0872. The van der Waals surface area contributed by atoms with E-state index >= 15 is 0 Å². The van der Waals surface area contributed by atoms with Gasteiger partial charge in [0, 0.05) is 17.9 Å². The molecule has 1 unspecified atom stereocenters. The number of pyridine rings is 1. The van der Waals surface area contributed by atoms with E-state index in [0.29, 0.717) is 19.8 Å². The Hall–Kier alpha value is -0.945. The average molecular weight is 291 g/mol. The molecule has 0 amide bonds. The van der Waals surface area contributed by atoms with E-state index in [1.54, 1.807) is 12.4 Å². The minimum atomic E-state index is -0.427. The predicted molar refractivity (Wildman–Crippen MR) is 79.5 cm³/mol. The van der Waals surface area contributed by atoms with Crippen molar-refractivity contribution in [2.75, 3.05) is 19.8 Å². The number of aromatic nitrogens is 1. The van der Waals surface area contributed by atoms with Gasteiger partial charge in [0.2, 0.25) is 0 Å². The van der Waals surface area contributed by atoms with Crippen molar-refractivity contribution in [2.45, 2.75) is 45.0 Å². The zero-order valence-electron chi connectivity index (χ0n) is 13.1. The SMILES string of the molecule is CC1(C)OB(c2cnccc2C2COCCO2)OC1(C)C. The number of hydrogen-bond acceptors (Lipinski definition) is 5. The summed E-state index contributed by atoms with van der Waals surface area (Å²) >= 11 is 0. The fourth-order valence-electron chi connectivity index (χ4n) is 2.54. The third-order valence-electron chi connectivity index (χ3n) is 4.56. The number of ether oxygens (including phenoxy) is 2. The molecule has 1 aromatic heterocycles. The molecule has 2 saturated heterocycles. The van der Waals surface area contributed by atoms with Crippen LogP contribution in [0.25, 0.3) is 0 Å². The fraction of sp³-hybridized carbons (Fsp3) is 0.667. The summed E-state index contributed by atoms with van der Waals surface area (Å²) in [6.07, 6.45) is 3.48. The lowest BCUT2D eigenvalue weighted by molar-refractivity contribution is -0.0898. The van der Waals surface area contributed by atoms with E-state index in [9.17, 15) is 0 Å². The molecule has 1 aromatic rings. The summed E-state index contributed by atoms with van der Waals surface area (Å²) in [4.78, 5) is 4.22. The molecule has 1 atom stereocenters. The number of nitrogens with zero attached hydrogens (tertiary/aromatic N) is 1. The van der Waals surface area contributed by atoms with Crippen molar-refractivity contribution in [1.29, 1.82) is 0 Å². The lowest BCUT2D eigenvalue weighted by Gasteiger charge is -2.32. The number of rotatable bonds is 2. The highest BCUT2D eigenvalue weighted by atomic mass is 16.7. The normalized spacial score (nSPS) is 27.8. The van der Waals surface area contributed by atoms with E-state index in [0.717, 1.165) is 11.0 Å². The topological polar surface area (TPSA) is 49.8 Å². The van der Waals surface area contributed by atoms with Crippen LogP contribution < -0.4 is 5.46 Å². The van der Waals surface area contributed by atoms with Gasteiger partial charge in [0.15, 0.2) is 0 Å². The smallest absolute Gasteiger partial charge is 0.399 e. The third-order valence-corrected chi connectivity index (χ3v) is 4.56. The second-order valence-electron chi connectivity index (χ2n) is 6.53. The van der Waals surface area contributed by atoms with E-state index in [4.69, 9.17) is 18.8 Å². The van der Waals surface area contributed by atoms with Gasteiger partial charge in [-0.15, -0.1) is 0 Å². The first kappa shape index (κ1) is 15.0. The zero-order chi connectivity index (χ0) is 15.1. The summed E-state index contributed by atoms with van der Waals surface area (Å²) in [6, 6.07) is 1.96. The Balaban J connectivity index is 1.89. The van der Waals surface area contributed by atoms with Crippen LogP contribution in [0.5, 0.6) is 0 Å². The van der Waals surface area contributed by atoms with Crippen molar-refractivity contribution >= 4 is 12.6 Å². The van der Waals surface area contributed by atoms with Crippen LogP contribution >= 0.6 is 0 Å². The van der Waals surface area contributed by atoms with Crippen molar-refractivity contribution in [2.24, 2.45) is 0 Å². The first-order chi connectivity index (χ1) is 9.91. The van der Waals surface area contributed by atoms with Gasteiger partial charge in [0.1, 0.15) is 6.10 Å². The Kier molecular flexibility index (Phi) is 3.82. The van der Waals surface area contributed by atoms with Gasteiger partial charge < -0.3 is 18.8 Å². The lowest BCUT2D eigenvalue weighted by atomic mass is 9.76. The van der Waals surface area contributed by atoms with E-state index in [-0.39, 0.29) is 17.3 Å². The highest BCUT2D eigenvalue weighted by Gasteiger charge is 2.52. The molecule has 0 N–H and O–H groups in total. The van der Waals surface area contributed by atoms with Crippen LogP contribution in [0, 0.1) is 0 Å². The maximum atomic E-state index is 6.12. The molecule has 114 valence electrons. The van der Waals surface area contributed by atoms with E-state index in [2.05, 4.69) is 4.98 Å². The highest BCUT2D eigenvalue weighted by molar-refractivity contribution is 6.62. The van der Waals surface area contributed by atoms with Crippen LogP contribution in [0.2, 0.25) is 0 Å². The van der Waals surface area contributed by atoms with Crippen molar-refractivity contribution in [3.8, 4) is 0 Å². The monoisotopic (exact) mass is 291 g/mol. The zero-order valence-corrected chi connectivity index (χ0v) is 13.1. The Morgan fingerprint density at radius 2 is 1.86 bits per heavy atom. The van der Waals surface area contributed by atoms with Crippen LogP contribution in [0.15, 0.2) is 18.5 Å². The molecule has 0 bridgehead atoms. The van der Waals surface area contributed by atoms with Gasteiger partial charge >= 0.3 is 7.12 Å². The molecular formula is C15H22BNO4. The Morgan fingerprint density at radius 1 is 1.14 bits per heavy atom. The summed E-state index contributed by atoms with van der Waals surface area (Å²) in [6.45, 7) is 9.98. The Morgan fingerprint density at radius 3 is 2.48 bits per heavy atom. The van der Waals surface area contributed by atoms with Gasteiger partial charge in [0.25, 0.3) is 0 Å². The van der Waals surface area contributed by atoms with Crippen molar-refractivity contribution in [3.05, 3.63) is 24.0 Å². The van der Waals surface area contributed by atoms with Crippen LogP contribution in [0.1, 0.15) is 39.4 Å². The molecule has 0 saturated carbocycles. The molecule has 0 aromatic carbocycles. The van der Waals surface area contributed by atoms with Crippen LogP contribution in [0.4, 0.5) is 0 Å². The molecule has 3 heterocycles. The van der Waals surface area contributed by atoms with Crippen molar-refractivity contribution < 1.29 is 18.8 Å². The van der Waals surface area contributed by atoms with Crippen LogP contribution in [-0.2, 0) is 18.8 Å². The summed E-state index contributed by atoms with van der Waals surface area (Å²) in [5.74, 6) is 0. The standard InChI is InChI=1S/C15H22BNO4/c1-14(2)15(3,4)21-16(20-14)12-9-17-6-5-11(12)13-10-18-7-8-19-13/h5-6,9,13H,7-8,10H2,1-4H3. The summed E-state index contributed by atoms with van der Waals surface area (Å²) in [5.41, 5.74) is 1.22. The first-order valence-corrected chi connectivity index (χ1v) is 7.39. The second kappa shape index (κ2) is 5.36. The summed E-state index contributed by atoms with van der Waals surface area (Å²) in [7, 11) is -0.427. The van der Waals surface area contributed by atoms with Crippen LogP contribution in [-0.4, -0.2) is 43.1 Å². The maximum Gasteiger partial charge on any atom is 0.496 e. The predicted octanol–water partition coefficient (Wildman–Crippen LogP) is 1.47. The van der Waals surface area contributed by atoms with E-state index in [1.165, 1.54) is 0 Å². The van der Waals surface area contributed by atoms with E-state index < -0.39 is 7.12 Å². The molecule has 3 rings (SSSR count).